The number of carbonyl (C=O) groups excluding carboxylic acids is 1. The maximum atomic E-state index is 11.4. The van der Waals surface area contributed by atoms with Gasteiger partial charge in [0.25, 0.3) is 0 Å². The Morgan fingerprint density at radius 1 is 1.26 bits per heavy atom. The van der Waals surface area contributed by atoms with Gasteiger partial charge in [-0.3, -0.25) is 9.59 Å². The lowest BCUT2D eigenvalue weighted by Gasteiger charge is -2.10. The first kappa shape index (κ1) is 15.2. The molecule has 0 saturated carbocycles. The summed E-state index contributed by atoms with van der Waals surface area (Å²) in [5.74, 6) is -0.221. The van der Waals surface area contributed by atoms with Gasteiger partial charge in [-0.05, 0) is 32.0 Å². The minimum absolute atomic E-state index is 0.0231. The van der Waals surface area contributed by atoms with Crippen LogP contribution >= 0.6 is 0 Å². The van der Waals surface area contributed by atoms with Crippen molar-refractivity contribution in [2.75, 3.05) is 19.7 Å². The first-order valence-corrected chi connectivity index (χ1v) is 6.26. The summed E-state index contributed by atoms with van der Waals surface area (Å²) in [5.41, 5.74) is 0.577. The van der Waals surface area contributed by atoms with Crippen LogP contribution < -0.4 is 10.1 Å². The molecular formula is C14H19NO4. The summed E-state index contributed by atoms with van der Waals surface area (Å²) in [6, 6.07) is 7.12. The Bertz CT molecular complexity index is 431. The Kier molecular flexibility index (Phi) is 6.60. The fourth-order valence-electron chi connectivity index (χ4n) is 1.61. The molecule has 5 heteroatoms. The van der Waals surface area contributed by atoms with Crippen molar-refractivity contribution in [3.63, 3.8) is 0 Å². The molecule has 0 aliphatic carbocycles. The topological polar surface area (TPSA) is 75.6 Å². The zero-order valence-electron chi connectivity index (χ0n) is 11.0. The largest absolute Gasteiger partial charge is 0.492 e. The van der Waals surface area contributed by atoms with Gasteiger partial charge in [-0.15, -0.1) is 0 Å². The van der Waals surface area contributed by atoms with E-state index in [1.165, 1.54) is 6.92 Å². The first-order chi connectivity index (χ1) is 9.11. The van der Waals surface area contributed by atoms with Crippen LogP contribution in [0.15, 0.2) is 24.3 Å². The number of Topliss-reactive ketones (excluding diaryl/α,β-unsaturated/α-hetero) is 1. The molecule has 2 N–H and O–H groups in total. The first-order valence-electron chi connectivity index (χ1n) is 6.26. The van der Waals surface area contributed by atoms with Gasteiger partial charge in [0.05, 0.1) is 5.56 Å². The summed E-state index contributed by atoms with van der Waals surface area (Å²) >= 11 is 0. The van der Waals surface area contributed by atoms with E-state index in [4.69, 9.17) is 9.84 Å². The molecule has 1 aromatic carbocycles. The third kappa shape index (κ3) is 6.01. The number of benzene rings is 1. The highest BCUT2D eigenvalue weighted by molar-refractivity contribution is 5.96. The zero-order chi connectivity index (χ0) is 14.1. The SMILES string of the molecule is CC(=O)c1ccccc1OCCNCCCC(=O)O. The highest BCUT2D eigenvalue weighted by Gasteiger charge is 2.06. The third-order valence-corrected chi connectivity index (χ3v) is 2.55. The average Bonchev–Trinajstić information content (AvgIpc) is 2.37. The van der Waals surface area contributed by atoms with Gasteiger partial charge in [-0.25, -0.2) is 0 Å². The smallest absolute Gasteiger partial charge is 0.303 e. The van der Waals surface area contributed by atoms with E-state index in [9.17, 15) is 9.59 Å². The Hall–Kier alpha value is -1.88. The molecule has 0 spiro atoms. The molecule has 0 heterocycles. The number of carbonyl (C=O) groups is 2. The van der Waals surface area contributed by atoms with Crippen molar-refractivity contribution in [2.45, 2.75) is 19.8 Å². The highest BCUT2D eigenvalue weighted by Crippen LogP contribution is 2.17. The van der Waals surface area contributed by atoms with Gasteiger partial charge in [0, 0.05) is 13.0 Å². The van der Waals surface area contributed by atoms with Gasteiger partial charge in [0.15, 0.2) is 5.78 Å². The lowest BCUT2D eigenvalue weighted by molar-refractivity contribution is -0.137. The van der Waals surface area contributed by atoms with Crippen LogP contribution in [-0.4, -0.2) is 36.6 Å². The Morgan fingerprint density at radius 2 is 2.00 bits per heavy atom. The van der Waals surface area contributed by atoms with Crippen molar-refractivity contribution in [3.8, 4) is 5.75 Å². The maximum Gasteiger partial charge on any atom is 0.303 e. The molecule has 1 aromatic rings. The van der Waals surface area contributed by atoms with Crippen LogP contribution in [0.3, 0.4) is 0 Å². The molecule has 1 rings (SSSR count). The van der Waals surface area contributed by atoms with E-state index in [0.29, 0.717) is 37.4 Å². The lowest BCUT2D eigenvalue weighted by Crippen LogP contribution is -2.22. The Morgan fingerprint density at radius 3 is 2.68 bits per heavy atom. The van der Waals surface area contributed by atoms with Crippen LogP contribution in [0.4, 0.5) is 0 Å². The van der Waals surface area contributed by atoms with Crippen molar-refractivity contribution in [2.24, 2.45) is 0 Å². The van der Waals surface area contributed by atoms with Gasteiger partial charge in [0.2, 0.25) is 0 Å². The molecule has 19 heavy (non-hydrogen) atoms. The third-order valence-electron chi connectivity index (χ3n) is 2.55. The fourth-order valence-corrected chi connectivity index (χ4v) is 1.61. The summed E-state index contributed by atoms with van der Waals surface area (Å²) < 4.78 is 5.53. The van der Waals surface area contributed by atoms with Crippen LogP contribution in [0.2, 0.25) is 0 Å². The number of hydrogen-bond acceptors (Lipinski definition) is 4. The minimum Gasteiger partial charge on any atom is -0.492 e. The maximum absolute atomic E-state index is 11.4. The molecule has 0 radical (unpaired) electrons. The van der Waals surface area contributed by atoms with Crippen LogP contribution in [-0.2, 0) is 4.79 Å². The van der Waals surface area contributed by atoms with Gasteiger partial charge in [-0.2, -0.15) is 0 Å². The number of hydrogen-bond donors (Lipinski definition) is 2. The van der Waals surface area contributed by atoms with Crippen LogP contribution in [0.25, 0.3) is 0 Å². The van der Waals surface area contributed by atoms with Crippen molar-refractivity contribution in [1.29, 1.82) is 0 Å². The number of nitrogens with one attached hydrogen (secondary N) is 1. The molecule has 0 amide bonds. The second-order valence-electron chi connectivity index (χ2n) is 4.15. The zero-order valence-corrected chi connectivity index (χ0v) is 11.0. The van der Waals surface area contributed by atoms with Crippen molar-refractivity contribution < 1.29 is 19.4 Å². The summed E-state index contributed by atoms with van der Waals surface area (Å²) in [6.45, 7) is 3.21. The number of ketones is 1. The molecule has 0 unspecified atom stereocenters. The molecule has 0 bridgehead atoms. The number of rotatable bonds is 9. The fraction of sp³-hybridized carbons (Fsp3) is 0.429. The summed E-state index contributed by atoms with van der Waals surface area (Å²) in [6.07, 6.45) is 0.764. The molecule has 0 aromatic heterocycles. The summed E-state index contributed by atoms with van der Waals surface area (Å²) in [4.78, 5) is 21.6. The van der Waals surface area contributed by atoms with E-state index in [-0.39, 0.29) is 12.2 Å². The Labute approximate surface area is 112 Å². The highest BCUT2D eigenvalue weighted by atomic mass is 16.5. The van der Waals surface area contributed by atoms with Crippen LogP contribution in [0.1, 0.15) is 30.1 Å². The number of para-hydroxylation sites is 1. The number of aliphatic carboxylic acids is 1. The van der Waals surface area contributed by atoms with Gasteiger partial charge in [-0.1, -0.05) is 12.1 Å². The van der Waals surface area contributed by atoms with E-state index in [1.54, 1.807) is 18.2 Å². The van der Waals surface area contributed by atoms with E-state index in [2.05, 4.69) is 5.32 Å². The molecule has 0 aliphatic rings. The van der Waals surface area contributed by atoms with Crippen molar-refractivity contribution in [1.82, 2.24) is 5.32 Å². The standard InChI is InChI=1S/C14H19NO4/c1-11(16)12-5-2-3-6-13(12)19-10-9-15-8-4-7-14(17)18/h2-3,5-6,15H,4,7-10H2,1H3,(H,17,18). The molecule has 0 saturated heterocycles. The molecule has 5 nitrogen and oxygen atoms in total. The second-order valence-corrected chi connectivity index (χ2v) is 4.15. The minimum atomic E-state index is -0.784. The second kappa shape index (κ2) is 8.26. The van der Waals surface area contributed by atoms with Gasteiger partial charge >= 0.3 is 5.97 Å². The van der Waals surface area contributed by atoms with E-state index in [1.807, 2.05) is 6.07 Å². The number of carboxylic acid groups (broad SMARTS) is 1. The Balaban J connectivity index is 2.23. The number of ether oxygens (including phenoxy) is 1. The molecule has 104 valence electrons. The predicted octanol–water partition coefficient (Wildman–Crippen LogP) is 1.72. The summed E-state index contributed by atoms with van der Waals surface area (Å²) in [5, 5.41) is 11.5. The van der Waals surface area contributed by atoms with Gasteiger partial charge in [0.1, 0.15) is 12.4 Å². The van der Waals surface area contributed by atoms with E-state index >= 15 is 0 Å². The normalized spacial score (nSPS) is 10.2. The summed E-state index contributed by atoms with van der Waals surface area (Å²) in [7, 11) is 0. The predicted molar refractivity (Wildman–Crippen MR) is 71.7 cm³/mol. The van der Waals surface area contributed by atoms with Gasteiger partial charge < -0.3 is 15.2 Å². The van der Waals surface area contributed by atoms with Crippen molar-refractivity contribution >= 4 is 11.8 Å². The number of carboxylic acids is 1. The molecule has 0 aliphatic heterocycles. The average molecular weight is 265 g/mol. The molecule has 0 atom stereocenters. The lowest BCUT2D eigenvalue weighted by atomic mass is 10.1. The van der Waals surface area contributed by atoms with E-state index < -0.39 is 5.97 Å². The van der Waals surface area contributed by atoms with E-state index in [0.717, 1.165) is 0 Å². The quantitative estimate of drug-likeness (QED) is 0.525. The van der Waals surface area contributed by atoms with Crippen molar-refractivity contribution in [3.05, 3.63) is 29.8 Å². The van der Waals surface area contributed by atoms with Crippen LogP contribution in [0, 0.1) is 0 Å². The van der Waals surface area contributed by atoms with Crippen LogP contribution in [0.5, 0.6) is 5.75 Å². The molecule has 0 fully saturated rings. The molecular weight excluding hydrogens is 246 g/mol. The monoisotopic (exact) mass is 265 g/mol.